The van der Waals surface area contributed by atoms with Gasteiger partial charge in [0.05, 0.1) is 7.11 Å². The van der Waals surface area contributed by atoms with Crippen molar-refractivity contribution >= 4 is 12.0 Å². The Hall–Kier alpha value is -2.82. The molecule has 2 aromatic carbocycles. The number of hydrogen-bond donors (Lipinski definition) is 1. The zero-order valence-corrected chi connectivity index (χ0v) is 15.7. The minimum absolute atomic E-state index is 0.0322. The molecule has 3 rings (SSSR count). The molecule has 1 aliphatic rings. The number of hydrogen-bond acceptors (Lipinski definition) is 3. The number of carbonyl (C=O) groups excluding carboxylic acids is 2. The molecule has 0 aliphatic carbocycles. The van der Waals surface area contributed by atoms with E-state index in [1.54, 1.807) is 4.90 Å². The molecule has 2 amide bonds. The molecule has 2 aromatic rings. The van der Waals surface area contributed by atoms with Crippen LogP contribution in [0.5, 0.6) is 0 Å². The number of ether oxygens (including phenoxy) is 1. The molecule has 0 saturated carbocycles. The van der Waals surface area contributed by atoms with E-state index in [0.29, 0.717) is 13.1 Å². The van der Waals surface area contributed by atoms with E-state index < -0.39 is 0 Å². The fraction of sp³-hybridized carbons (Fsp3) is 0.364. The van der Waals surface area contributed by atoms with Crippen molar-refractivity contribution < 1.29 is 14.3 Å². The van der Waals surface area contributed by atoms with Gasteiger partial charge >= 0.3 is 6.09 Å². The van der Waals surface area contributed by atoms with E-state index in [0.717, 1.165) is 36.8 Å². The minimum Gasteiger partial charge on any atom is -0.453 e. The molecule has 0 spiro atoms. The molecule has 5 nitrogen and oxygen atoms in total. The maximum atomic E-state index is 12.8. The maximum Gasteiger partial charge on any atom is 0.409 e. The van der Waals surface area contributed by atoms with Gasteiger partial charge in [-0.25, -0.2) is 4.79 Å². The number of amides is 2. The normalized spacial score (nSPS) is 14.6. The molecule has 0 radical (unpaired) electrons. The highest BCUT2D eigenvalue weighted by molar-refractivity contribution is 5.95. The van der Waals surface area contributed by atoms with Crippen molar-refractivity contribution in [1.29, 1.82) is 0 Å². The number of aryl methyl sites for hydroxylation is 2. The fourth-order valence-corrected chi connectivity index (χ4v) is 3.48. The summed E-state index contributed by atoms with van der Waals surface area (Å²) in [6.45, 7) is 1.21. The van der Waals surface area contributed by atoms with Crippen molar-refractivity contribution in [3.63, 3.8) is 0 Å². The van der Waals surface area contributed by atoms with E-state index in [2.05, 4.69) is 17.4 Å². The third-order valence-electron chi connectivity index (χ3n) is 5.05. The third-order valence-corrected chi connectivity index (χ3v) is 5.05. The van der Waals surface area contributed by atoms with E-state index in [9.17, 15) is 9.59 Å². The van der Waals surface area contributed by atoms with Crippen molar-refractivity contribution in [1.82, 2.24) is 10.2 Å². The molecule has 1 heterocycles. The predicted molar refractivity (Wildman–Crippen MR) is 105 cm³/mol. The second-order valence-corrected chi connectivity index (χ2v) is 6.85. The summed E-state index contributed by atoms with van der Waals surface area (Å²) in [5.41, 5.74) is 3.07. The molecule has 0 atom stereocenters. The van der Waals surface area contributed by atoms with E-state index in [4.69, 9.17) is 4.74 Å². The average Bonchev–Trinajstić information content (AvgIpc) is 2.73. The quantitative estimate of drug-likeness (QED) is 0.882. The molecule has 1 saturated heterocycles. The fourth-order valence-electron chi connectivity index (χ4n) is 3.48. The number of rotatable bonds is 5. The SMILES string of the molecule is COC(=O)N1CCC(NC(=O)c2ccccc2CCc2ccccc2)CC1. The Morgan fingerprint density at radius 1 is 1.00 bits per heavy atom. The monoisotopic (exact) mass is 366 g/mol. The van der Waals surface area contributed by atoms with Gasteiger partial charge in [-0.3, -0.25) is 4.79 Å². The second-order valence-electron chi connectivity index (χ2n) is 6.85. The van der Waals surface area contributed by atoms with Gasteiger partial charge in [0.25, 0.3) is 5.91 Å². The summed E-state index contributed by atoms with van der Waals surface area (Å²) in [4.78, 5) is 26.0. The third kappa shape index (κ3) is 5.09. The molecule has 142 valence electrons. The first-order chi connectivity index (χ1) is 13.2. The van der Waals surface area contributed by atoms with E-state index in [-0.39, 0.29) is 18.0 Å². The van der Waals surface area contributed by atoms with Gasteiger partial charge in [-0.1, -0.05) is 48.5 Å². The predicted octanol–water partition coefficient (Wildman–Crippen LogP) is 3.43. The van der Waals surface area contributed by atoms with E-state index >= 15 is 0 Å². The number of benzene rings is 2. The van der Waals surface area contributed by atoms with Crippen LogP contribution in [0.1, 0.15) is 34.3 Å². The van der Waals surface area contributed by atoms with Gasteiger partial charge in [0.1, 0.15) is 0 Å². The average molecular weight is 366 g/mol. The zero-order chi connectivity index (χ0) is 19.1. The van der Waals surface area contributed by atoms with Gasteiger partial charge in [-0.2, -0.15) is 0 Å². The second kappa shape index (κ2) is 9.21. The number of nitrogens with zero attached hydrogens (tertiary/aromatic N) is 1. The molecule has 1 aliphatic heterocycles. The van der Waals surface area contributed by atoms with Crippen LogP contribution < -0.4 is 5.32 Å². The van der Waals surface area contributed by atoms with E-state index in [1.165, 1.54) is 12.7 Å². The Balaban J connectivity index is 1.58. The summed E-state index contributed by atoms with van der Waals surface area (Å²) >= 11 is 0. The van der Waals surface area contributed by atoms with Crippen LogP contribution in [0.15, 0.2) is 54.6 Å². The smallest absolute Gasteiger partial charge is 0.409 e. The number of carbonyl (C=O) groups is 2. The summed E-state index contributed by atoms with van der Waals surface area (Å²) in [5, 5.41) is 3.13. The van der Waals surface area contributed by atoms with Gasteiger partial charge in [0.15, 0.2) is 0 Å². The Labute approximate surface area is 160 Å². The molecule has 1 fully saturated rings. The number of likely N-dealkylation sites (tertiary alicyclic amines) is 1. The minimum atomic E-state index is -0.300. The molecule has 0 unspecified atom stereocenters. The molecule has 5 heteroatoms. The van der Waals surface area contributed by atoms with Crippen LogP contribution in [-0.4, -0.2) is 43.1 Å². The van der Waals surface area contributed by atoms with Crippen LogP contribution >= 0.6 is 0 Å². The molecule has 0 aromatic heterocycles. The Morgan fingerprint density at radius 3 is 2.37 bits per heavy atom. The van der Waals surface area contributed by atoms with Crippen LogP contribution in [0.2, 0.25) is 0 Å². The van der Waals surface area contributed by atoms with Gasteiger partial charge in [-0.05, 0) is 42.9 Å². The van der Waals surface area contributed by atoms with Crippen molar-refractivity contribution in [2.75, 3.05) is 20.2 Å². The van der Waals surface area contributed by atoms with Crippen LogP contribution in [0.3, 0.4) is 0 Å². The highest BCUT2D eigenvalue weighted by atomic mass is 16.5. The van der Waals surface area contributed by atoms with Crippen molar-refractivity contribution in [3.8, 4) is 0 Å². The summed E-state index contributed by atoms with van der Waals surface area (Å²) in [7, 11) is 1.39. The highest BCUT2D eigenvalue weighted by Crippen LogP contribution is 2.16. The summed E-state index contributed by atoms with van der Waals surface area (Å²) in [6, 6.07) is 18.2. The lowest BCUT2D eigenvalue weighted by Crippen LogP contribution is -2.46. The summed E-state index contributed by atoms with van der Waals surface area (Å²) in [6.07, 6.45) is 2.92. The van der Waals surface area contributed by atoms with Crippen LogP contribution in [0.25, 0.3) is 0 Å². The Kier molecular flexibility index (Phi) is 6.47. The van der Waals surface area contributed by atoms with Crippen LogP contribution in [0.4, 0.5) is 4.79 Å². The highest BCUT2D eigenvalue weighted by Gasteiger charge is 2.25. The van der Waals surface area contributed by atoms with Gasteiger partial charge in [0.2, 0.25) is 0 Å². The molecule has 27 heavy (non-hydrogen) atoms. The molecular weight excluding hydrogens is 340 g/mol. The lowest BCUT2D eigenvalue weighted by molar-refractivity contribution is 0.0891. The van der Waals surface area contributed by atoms with Gasteiger partial charge in [0, 0.05) is 24.7 Å². The summed E-state index contributed by atoms with van der Waals surface area (Å²) in [5.74, 6) is -0.0322. The number of piperidine rings is 1. The van der Waals surface area contributed by atoms with Crippen molar-refractivity contribution in [3.05, 3.63) is 71.3 Å². The Bertz CT molecular complexity index is 768. The lowest BCUT2D eigenvalue weighted by Gasteiger charge is -2.31. The van der Waals surface area contributed by atoms with E-state index in [1.807, 2.05) is 42.5 Å². The first-order valence-corrected chi connectivity index (χ1v) is 9.43. The Morgan fingerprint density at radius 2 is 1.67 bits per heavy atom. The largest absolute Gasteiger partial charge is 0.453 e. The number of methoxy groups -OCH3 is 1. The maximum absolute atomic E-state index is 12.8. The number of nitrogens with one attached hydrogen (secondary N) is 1. The summed E-state index contributed by atoms with van der Waals surface area (Å²) < 4.78 is 4.75. The topological polar surface area (TPSA) is 58.6 Å². The van der Waals surface area contributed by atoms with Crippen LogP contribution in [0, 0.1) is 0 Å². The van der Waals surface area contributed by atoms with Gasteiger partial charge < -0.3 is 15.0 Å². The van der Waals surface area contributed by atoms with Crippen molar-refractivity contribution in [2.45, 2.75) is 31.7 Å². The molecular formula is C22H26N2O3. The zero-order valence-electron chi connectivity index (χ0n) is 15.7. The lowest BCUT2D eigenvalue weighted by atomic mass is 9.98. The van der Waals surface area contributed by atoms with Crippen molar-refractivity contribution in [2.24, 2.45) is 0 Å². The molecule has 0 bridgehead atoms. The van der Waals surface area contributed by atoms with Crippen LogP contribution in [-0.2, 0) is 17.6 Å². The first-order valence-electron chi connectivity index (χ1n) is 9.43. The molecule has 1 N–H and O–H groups in total. The standard InChI is InChI=1S/C22H26N2O3/c1-27-22(26)24-15-13-19(14-16-24)23-21(25)20-10-6-5-9-18(20)12-11-17-7-3-2-4-8-17/h2-10,19H,11-16H2,1H3,(H,23,25). The van der Waals surface area contributed by atoms with Gasteiger partial charge in [-0.15, -0.1) is 0 Å². The first kappa shape index (κ1) is 19.0.